The van der Waals surface area contributed by atoms with Crippen molar-refractivity contribution in [3.05, 3.63) is 76.6 Å². The minimum atomic E-state index is -0.671. The number of aromatic nitrogens is 2. The molecule has 0 fully saturated rings. The molecule has 7 nitrogen and oxygen atoms in total. The Hall–Kier alpha value is -3.32. The lowest BCUT2D eigenvalue weighted by Crippen LogP contribution is -2.20. The van der Waals surface area contributed by atoms with Crippen LogP contribution in [0.3, 0.4) is 0 Å². The van der Waals surface area contributed by atoms with E-state index in [9.17, 15) is 9.59 Å². The van der Waals surface area contributed by atoms with Crippen LogP contribution in [0, 0.1) is 0 Å². The zero-order valence-corrected chi connectivity index (χ0v) is 15.2. The molecule has 0 radical (unpaired) electrons. The van der Waals surface area contributed by atoms with Gasteiger partial charge in [-0.25, -0.2) is 0 Å². The SMILES string of the molecule is Cn1ncc(NC(=O)c2cccc(COc3ccc(Cl)cc3)c2)c1C(N)=O. The standard InChI is InChI=1S/C19H17ClN4O3/c1-24-17(18(21)25)16(10-22-24)23-19(26)13-4-2-3-12(9-13)11-27-15-7-5-14(20)6-8-15/h2-10H,11H2,1H3,(H2,21,25)(H,23,26). The van der Waals surface area contributed by atoms with Crippen LogP contribution in [0.4, 0.5) is 5.69 Å². The van der Waals surface area contributed by atoms with Gasteiger partial charge in [0.2, 0.25) is 0 Å². The van der Waals surface area contributed by atoms with E-state index in [4.69, 9.17) is 22.1 Å². The van der Waals surface area contributed by atoms with Crippen molar-refractivity contribution in [2.24, 2.45) is 12.8 Å². The summed E-state index contributed by atoms with van der Waals surface area (Å²) >= 11 is 5.85. The van der Waals surface area contributed by atoms with Gasteiger partial charge >= 0.3 is 0 Å². The zero-order valence-electron chi connectivity index (χ0n) is 14.5. The number of nitrogens with one attached hydrogen (secondary N) is 1. The number of hydrogen-bond donors (Lipinski definition) is 2. The molecular weight excluding hydrogens is 368 g/mol. The predicted molar refractivity (Wildman–Crippen MR) is 102 cm³/mol. The predicted octanol–water partition coefficient (Wildman–Crippen LogP) is 3.00. The van der Waals surface area contributed by atoms with E-state index in [1.54, 1.807) is 49.5 Å². The van der Waals surface area contributed by atoms with Gasteiger partial charge in [-0.2, -0.15) is 5.10 Å². The largest absolute Gasteiger partial charge is 0.489 e. The fraction of sp³-hybridized carbons (Fsp3) is 0.105. The molecule has 0 saturated carbocycles. The van der Waals surface area contributed by atoms with E-state index in [1.807, 2.05) is 6.07 Å². The average molecular weight is 385 g/mol. The van der Waals surface area contributed by atoms with E-state index in [1.165, 1.54) is 10.9 Å². The molecule has 27 heavy (non-hydrogen) atoms. The van der Waals surface area contributed by atoms with Crippen LogP contribution in [-0.4, -0.2) is 21.6 Å². The van der Waals surface area contributed by atoms with Gasteiger partial charge < -0.3 is 15.8 Å². The molecule has 0 atom stereocenters. The van der Waals surface area contributed by atoms with Gasteiger partial charge in [0.05, 0.1) is 11.9 Å². The number of aryl methyl sites for hydroxylation is 1. The number of halogens is 1. The van der Waals surface area contributed by atoms with Crippen molar-refractivity contribution in [1.82, 2.24) is 9.78 Å². The van der Waals surface area contributed by atoms with Crippen LogP contribution in [0.25, 0.3) is 0 Å². The number of nitrogens with zero attached hydrogens (tertiary/aromatic N) is 2. The lowest BCUT2D eigenvalue weighted by atomic mass is 10.1. The molecule has 2 aromatic carbocycles. The Morgan fingerprint density at radius 3 is 2.67 bits per heavy atom. The molecule has 3 N–H and O–H groups in total. The van der Waals surface area contributed by atoms with Gasteiger partial charge in [-0.05, 0) is 42.0 Å². The monoisotopic (exact) mass is 384 g/mol. The topological polar surface area (TPSA) is 99.2 Å². The Labute approximate surface area is 160 Å². The Kier molecular flexibility index (Phi) is 5.42. The first-order valence-electron chi connectivity index (χ1n) is 8.04. The average Bonchev–Trinajstić information content (AvgIpc) is 3.02. The van der Waals surface area contributed by atoms with Crippen LogP contribution in [0.2, 0.25) is 5.02 Å². The molecule has 0 aliphatic rings. The second-order valence-electron chi connectivity index (χ2n) is 5.79. The minimum Gasteiger partial charge on any atom is -0.489 e. The van der Waals surface area contributed by atoms with Crippen molar-refractivity contribution in [1.29, 1.82) is 0 Å². The van der Waals surface area contributed by atoms with E-state index >= 15 is 0 Å². The third-order valence-electron chi connectivity index (χ3n) is 3.83. The molecule has 0 aliphatic carbocycles. The Bertz CT molecular complexity index is 983. The number of amides is 2. The molecule has 3 aromatic rings. The van der Waals surface area contributed by atoms with E-state index in [-0.39, 0.29) is 17.3 Å². The fourth-order valence-electron chi connectivity index (χ4n) is 2.52. The van der Waals surface area contributed by atoms with Crippen molar-refractivity contribution < 1.29 is 14.3 Å². The maximum atomic E-state index is 12.5. The van der Waals surface area contributed by atoms with Crippen LogP contribution in [-0.2, 0) is 13.7 Å². The molecule has 138 valence electrons. The minimum absolute atomic E-state index is 0.130. The van der Waals surface area contributed by atoms with Crippen molar-refractivity contribution in [3.63, 3.8) is 0 Å². The fourth-order valence-corrected chi connectivity index (χ4v) is 2.64. The van der Waals surface area contributed by atoms with E-state index < -0.39 is 5.91 Å². The van der Waals surface area contributed by atoms with Crippen molar-refractivity contribution in [3.8, 4) is 5.75 Å². The van der Waals surface area contributed by atoms with Gasteiger partial charge in [0.1, 0.15) is 18.1 Å². The number of carbonyl (C=O) groups excluding carboxylic acids is 2. The van der Waals surface area contributed by atoms with Crippen LogP contribution >= 0.6 is 11.6 Å². The molecule has 1 aromatic heterocycles. The van der Waals surface area contributed by atoms with E-state index in [0.29, 0.717) is 22.9 Å². The highest BCUT2D eigenvalue weighted by molar-refractivity contribution is 6.30. The summed E-state index contributed by atoms with van der Waals surface area (Å²) in [7, 11) is 1.57. The van der Waals surface area contributed by atoms with Crippen molar-refractivity contribution in [2.75, 3.05) is 5.32 Å². The number of rotatable bonds is 6. The second-order valence-corrected chi connectivity index (χ2v) is 6.23. The number of carbonyl (C=O) groups is 2. The van der Waals surface area contributed by atoms with Crippen LogP contribution in [0.5, 0.6) is 5.75 Å². The first-order chi connectivity index (χ1) is 12.9. The zero-order chi connectivity index (χ0) is 19.4. The van der Waals surface area contributed by atoms with Gasteiger partial charge in [-0.3, -0.25) is 14.3 Å². The van der Waals surface area contributed by atoms with Gasteiger partial charge in [0.25, 0.3) is 11.8 Å². The summed E-state index contributed by atoms with van der Waals surface area (Å²) in [6.07, 6.45) is 1.38. The molecule has 3 rings (SSSR count). The molecule has 2 amide bonds. The van der Waals surface area contributed by atoms with Crippen LogP contribution < -0.4 is 15.8 Å². The smallest absolute Gasteiger partial charge is 0.269 e. The molecule has 0 saturated heterocycles. The molecule has 0 aliphatic heterocycles. The molecule has 8 heteroatoms. The second kappa shape index (κ2) is 7.92. The third kappa shape index (κ3) is 4.45. The lowest BCUT2D eigenvalue weighted by molar-refractivity contribution is 0.0992. The lowest BCUT2D eigenvalue weighted by Gasteiger charge is -2.09. The normalized spacial score (nSPS) is 10.4. The number of nitrogens with two attached hydrogens (primary N) is 1. The molecule has 0 unspecified atom stereocenters. The van der Waals surface area contributed by atoms with Crippen molar-refractivity contribution in [2.45, 2.75) is 6.61 Å². The summed E-state index contributed by atoms with van der Waals surface area (Å²) in [5, 5.41) is 7.23. The highest BCUT2D eigenvalue weighted by atomic mass is 35.5. The maximum Gasteiger partial charge on any atom is 0.269 e. The Morgan fingerprint density at radius 2 is 1.96 bits per heavy atom. The maximum absolute atomic E-state index is 12.5. The molecular formula is C19H17ClN4O3. The Balaban J connectivity index is 1.70. The number of hydrogen-bond acceptors (Lipinski definition) is 4. The summed E-state index contributed by atoms with van der Waals surface area (Å²) < 4.78 is 7.00. The van der Waals surface area contributed by atoms with Gasteiger partial charge in [-0.15, -0.1) is 0 Å². The summed E-state index contributed by atoms with van der Waals surface area (Å²) in [5.74, 6) is -0.370. The van der Waals surface area contributed by atoms with Gasteiger partial charge in [0.15, 0.2) is 0 Å². The Morgan fingerprint density at radius 1 is 1.22 bits per heavy atom. The van der Waals surface area contributed by atoms with Gasteiger partial charge in [-0.1, -0.05) is 23.7 Å². The summed E-state index contributed by atoms with van der Waals surface area (Å²) in [6.45, 7) is 0.294. The third-order valence-corrected chi connectivity index (χ3v) is 4.08. The first-order valence-corrected chi connectivity index (χ1v) is 8.42. The molecule has 0 spiro atoms. The summed E-state index contributed by atoms with van der Waals surface area (Å²) in [5.41, 5.74) is 6.96. The quantitative estimate of drug-likeness (QED) is 0.682. The number of anilines is 1. The summed E-state index contributed by atoms with van der Waals surface area (Å²) in [4.78, 5) is 24.0. The highest BCUT2D eigenvalue weighted by Crippen LogP contribution is 2.18. The van der Waals surface area contributed by atoms with Crippen LogP contribution in [0.1, 0.15) is 26.4 Å². The van der Waals surface area contributed by atoms with Crippen molar-refractivity contribution >= 4 is 29.1 Å². The number of primary amides is 1. The van der Waals surface area contributed by atoms with E-state index in [0.717, 1.165) is 5.56 Å². The molecule has 0 bridgehead atoms. The highest BCUT2D eigenvalue weighted by Gasteiger charge is 2.17. The molecule has 1 heterocycles. The first kappa shape index (κ1) is 18.5. The summed E-state index contributed by atoms with van der Waals surface area (Å²) in [6, 6.07) is 14.0. The number of ether oxygens (including phenoxy) is 1. The van der Waals surface area contributed by atoms with E-state index in [2.05, 4.69) is 10.4 Å². The van der Waals surface area contributed by atoms with Gasteiger partial charge in [0, 0.05) is 17.6 Å². The van der Waals surface area contributed by atoms with Crippen LogP contribution in [0.15, 0.2) is 54.7 Å². The number of benzene rings is 2.